The Bertz CT molecular complexity index is 178. The average molecular weight is 353 g/mol. The summed E-state index contributed by atoms with van der Waals surface area (Å²) in [5, 5.41) is 0. The van der Waals surface area contributed by atoms with E-state index in [9.17, 15) is 0 Å². The molecule has 0 nitrogen and oxygen atoms in total. The number of rotatable bonds is 4. The van der Waals surface area contributed by atoms with Crippen molar-refractivity contribution in [1.29, 1.82) is 0 Å². The monoisotopic (exact) mass is 352 g/mol. The maximum absolute atomic E-state index is 3.60. The van der Waals surface area contributed by atoms with Crippen LogP contribution in [0, 0.1) is 13.8 Å². The van der Waals surface area contributed by atoms with E-state index in [4.69, 9.17) is 0 Å². The Labute approximate surface area is 135 Å². The molecular formula is C18H30Pd. The predicted molar refractivity (Wildman–Crippen MR) is 86.3 cm³/mol. The van der Waals surface area contributed by atoms with Gasteiger partial charge in [-0.2, -0.15) is 12.8 Å². The Kier molecular flexibility index (Phi) is 32.7. The molecule has 0 aromatic carbocycles. The van der Waals surface area contributed by atoms with E-state index < -0.39 is 0 Å². The van der Waals surface area contributed by atoms with Gasteiger partial charge < -0.3 is 13.8 Å². The molecule has 0 heterocycles. The van der Waals surface area contributed by atoms with Crippen molar-refractivity contribution < 1.29 is 20.4 Å². The molecule has 1 aliphatic carbocycles. The van der Waals surface area contributed by atoms with Gasteiger partial charge in [0, 0.05) is 0 Å². The quantitative estimate of drug-likeness (QED) is 0.319. The molecule has 0 spiro atoms. The van der Waals surface area contributed by atoms with Crippen molar-refractivity contribution in [1.82, 2.24) is 0 Å². The molecule has 0 aromatic rings. The van der Waals surface area contributed by atoms with Gasteiger partial charge in [-0.3, -0.25) is 0 Å². The molecule has 0 bridgehead atoms. The fraction of sp³-hybridized carbons (Fsp3) is 0.444. The Hall–Kier alpha value is -0.378. The van der Waals surface area contributed by atoms with Crippen LogP contribution in [-0.2, 0) is 20.4 Å². The predicted octanol–water partition coefficient (Wildman–Crippen LogP) is 6.24. The van der Waals surface area contributed by atoms with E-state index in [1.54, 1.807) is 0 Å². The first-order valence-corrected chi connectivity index (χ1v) is 6.93. The van der Waals surface area contributed by atoms with Gasteiger partial charge >= 0.3 is 20.4 Å². The second kappa shape index (κ2) is 26.2. The molecular weight excluding hydrogens is 323 g/mol. The van der Waals surface area contributed by atoms with E-state index in [1.807, 2.05) is 12.2 Å². The smallest absolute Gasteiger partial charge is 0.343 e. The molecule has 1 heteroatoms. The molecule has 1 aliphatic rings. The zero-order valence-electron chi connectivity index (χ0n) is 12.3. The molecule has 0 atom stereocenters. The van der Waals surface area contributed by atoms with Gasteiger partial charge in [0.05, 0.1) is 0 Å². The van der Waals surface area contributed by atoms with Gasteiger partial charge in [-0.05, 0) is 25.7 Å². The van der Waals surface area contributed by atoms with Gasteiger partial charge in [0.25, 0.3) is 0 Å². The Morgan fingerprint density at radius 3 is 1.11 bits per heavy atom. The van der Waals surface area contributed by atoms with Crippen LogP contribution in [-0.4, -0.2) is 0 Å². The van der Waals surface area contributed by atoms with Crippen molar-refractivity contribution >= 4 is 0 Å². The normalized spacial score (nSPS) is 15.7. The second-order valence-corrected chi connectivity index (χ2v) is 3.96. The second-order valence-electron chi connectivity index (χ2n) is 3.96. The number of hydrogen-bond acceptors (Lipinski definition) is 0. The molecule has 0 fully saturated rings. The standard InChI is InChI=1S/C8H12.2C5H9.Pd/c1-2-4-6-8-7-5-3-1;2*1-3-5-4-2;/h1-2,7-8H,3-6H2;2*3H,1-2,4-5H2;/q;2*-1;+2/b2-1-,8-7-;;;. The van der Waals surface area contributed by atoms with E-state index >= 15 is 0 Å². The van der Waals surface area contributed by atoms with Crippen molar-refractivity contribution in [2.24, 2.45) is 0 Å². The van der Waals surface area contributed by atoms with Crippen LogP contribution in [0.15, 0.2) is 49.6 Å². The fourth-order valence-electron chi connectivity index (χ4n) is 1.14. The van der Waals surface area contributed by atoms with Crippen molar-refractivity contribution in [2.75, 3.05) is 0 Å². The van der Waals surface area contributed by atoms with Crippen molar-refractivity contribution in [3.8, 4) is 0 Å². The van der Waals surface area contributed by atoms with Crippen molar-refractivity contribution in [3.05, 3.63) is 63.5 Å². The van der Waals surface area contributed by atoms with Crippen LogP contribution in [0.1, 0.15) is 51.4 Å². The largest absolute Gasteiger partial charge is 2.00 e. The molecule has 0 unspecified atom stereocenters. The Balaban J connectivity index is -0.000000208. The summed E-state index contributed by atoms with van der Waals surface area (Å²) in [5.41, 5.74) is 0. The van der Waals surface area contributed by atoms with Gasteiger partial charge in [0.2, 0.25) is 0 Å². The van der Waals surface area contributed by atoms with Crippen molar-refractivity contribution in [2.45, 2.75) is 51.4 Å². The molecule has 0 radical (unpaired) electrons. The van der Waals surface area contributed by atoms with Crippen LogP contribution in [0.3, 0.4) is 0 Å². The first-order chi connectivity index (χ1) is 8.83. The molecule has 112 valence electrons. The summed E-state index contributed by atoms with van der Waals surface area (Å²) in [6, 6.07) is 0. The van der Waals surface area contributed by atoms with E-state index in [2.05, 4.69) is 51.3 Å². The van der Waals surface area contributed by atoms with Crippen LogP contribution >= 0.6 is 0 Å². The van der Waals surface area contributed by atoms with Crippen molar-refractivity contribution in [3.63, 3.8) is 0 Å². The van der Waals surface area contributed by atoms with E-state index in [1.165, 1.54) is 25.7 Å². The first-order valence-electron chi connectivity index (χ1n) is 6.93. The van der Waals surface area contributed by atoms with Crippen LogP contribution in [0.25, 0.3) is 0 Å². The SMILES string of the molecule is C1=C\CC/C=C\CC/1.C=CCC[CH2-].C=CCC[CH2-].[Pd+2]. The summed E-state index contributed by atoms with van der Waals surface area (Å²) in [7, 11) is 0. The molecule has 19 heavy (non-hydrogen) atoms. The van der Waals surface area contributed by atoms with Gasteiger partial charge in [0.15, 0.2) is 0 Å². The minimum absolute atomic E-state index is 0. The first kappa shape index (κ1) is 23.7. The summed E-state index contributed by atoms with van der Waals surface area (Å²) in [5.74, 6) is 0. The summed E-state index contributed by atoms with van der Waals surface area (Å²) in [4.78, 5) is 0. The molecule has 1 rings (SSSR count). The number of hydrogen-bond donors (Lipinski definition) is 0. The number of unbranched alkanes of at least 4 members (excludes halogenated alkanes) is 2. The van der Waals surface area contributed by atoms with E-state index in [0.29, 0.717) is 0 Å². The van der Waals surface area contributed by atoms with Gasteiger partial charge in [0.1, 0.15) is 0 Å². The third-order valence-electron chi connectivity index (χ3n) is 2.15. The zero-order chi connectivity index (χ0) is 13.9. The summed E-state index contributed by atoms with van der Waals surface area (Å²) < 4.78 is 0. The average Bonchev–Trinajstić information content (AvgIpc) is 2.31. The number of allylic oxidation sites excluding steroid dienone is 6. The van der Waals surface area contributed by atoms with Gasteiger partial charge in [-0.1, -0.05) is 49.3 Å². The van der Waals surface area contributed by atoms with E-state index in [0.717, 1.165) is 25.7 Å². The molecule has 0 amide bonds. The van der Waals surface area contributed by atoms with Gasteiger partial charge in [-0.15, -0.1) is 13.2 Å². The summed E-state index contributed by atoms with van der Waals surface area (Å²) >= 11 is 0. The molecule has 0 aliphatic heterocycles. The molecule has 0 N–H and O–H groups in total. The van der Waals surface area contributed by atoms with Crippen LogP contribution in [0.5, 0.6) is 0 Å². The molecule has 0 saturated heterocycles. The molecule has 0 aromatic heterocycles. The van der Waals surface area contributed by atoms with Gasteiger partial charge in [-0.25, -0.2) is 0 Å². The Morgan fingerprint density at radius 1 is 0.737 bits per heavy atom. The third-order valence-corrected chi connectivity index (χ3v) is 2.15. The van der Waals surface area contributed by atoms with Crippen LogP contribution in [0.4, 0.5) is 0 Å². The summed E-state index contributed by atoms with van der Waals surface area (Å²) in [6.45, 7) is 14.2. The third kappa shape index (κ3) is 31.8. The van der Waals surface area contributed by atoms with Crippen LogP contribution < -0.4 is 0 Å². The Morgan fingerprint density at radius 2 is 1.00 bits per heavy atom. The molecule has 0 saturated carbocycles. The fourth-order valence-corrected chi connectivity index (χ4v) is 1.14. The minimum atomic E-state index is 0. The topological polar surface area (TPSA) is 0 Å². The zero-order valence-corrected chi connectivity index (χ0v) is 13.8. The van der Waals surface area contributed by atoms with Crippen LogP contribution in [0.2, 0.25) is 0 Å². The maximum atomic E-state index is 3.60. The maximum Gasteiger partial charge on any atom is 2.00 e. The van der Waals surface area contributed by atoms with E-state index in [-0.39, 0.29) is 20.4 Å². The minimum Gasteiger partial charge on any atom is -0.343 e. The summed E-state index contributed by atoms with van der Waals surface area (Å²) in [6.07, 6.45) is 21.8.